The maximum atomic E-state index is 13.5. The lowest BCUT2D eigenvalue weighted by molar-refractivity contribution is -0.180. The molecule has 47 heavy (non-hydrogen) atoms. The third-order valence-corrected chi connectivity index (χ3v) is 16.3. The highest BCUT2D eigenvalue weighted by atomic mass is 28.4. The maximum Gasteiger partial charge on any atom is 0.397 e. The molecule has 2 aromatic heterocycles. The van der Waals surface area contributed by atoms with Crippen LogP contribution < -0.4 is 5.56 Å². The van der Waals surface area contributed by atoms with Crippen LogP contribution in [0.5, 0.6) is 0 Å². The molecule has 0 N–H and O–H groups in total. The van der Waals surface area contributed by atoms with Gasteiger partial charge in [-0.1, -0.05) is 95.2 Å². The number of aromatic nitrogens is 3. The smallest absolute Gasteiger partial charge is 0.397 e. The van der Waals surface area contributed by atoms with Gasteiger partial charge in [0.05, 0.1) is 17.5 Å². The van der Waals surface area contributed by atoms with Crippen LogP contribution in [-0.4, -0.2) is 35.8 Å². The van der Waals surface area contributed by atoms with E-state index in [1.54, 1.807) is 29.0 Å². The molecular formula is C37H46F3N3O3Si. The largest absolute Gasteiger partial charge is 0.415 e. The summed E-state index contributed by atoms with van der Waals surface area (Å²) < 4.78 is 54.6. The van der Waals surface area contributed by atoms with Gasteiger partial charge in [0.1, 0.15) is 0 Å². The molecule has 2 aromatic carbocycles. The van der Waals surface area contributed by atoms with Crippen LogP contribution >= 0.6 is 0 Å². The first-order valence-electron chi connectivity index (χ1n) is 16.5. The Morgan fingerprint density at radius 1 is 0.915 bits per heavy atom. The molecule has 0 atom stereocenters. The molecule has 5 rings (SSSR count). The molecule has 0 bridgehead atoms. The zero-order valence-electron chi connectivity index (χ0n) is 28.6. The summed E-state index contributed by atoms with van der Waals surface area (Å²) in [6.07, 6.45) is -0.500. The van der Waals surface area contributed by atoms with Crippen molar-refractivity contribution in [2.45, 2.75) is 108 Å². The molecule has 0 radical (unpaired) electrons. The summed E-state index contributed by atoms with van der Waals surface area (Å²) in [5.41, 5.74) is 2.94. The van der Waals surface area contributed by atoms with E-state index in [1.165, 1.54) is 23.8 Å². The van der Waals surface area contributed by atoms with Crippen LogP contribution in [0.15, 0.2) is 76.2 Å². The standard InChI is InChI=1S/C37H46F3N3O3Si/c1-24(2)47(25(3)4,26(5)6)45-23-36(18-19-36)31-11-9-10-27(20-31)21-43-22-29(14-17-32(43)44)34-41-33(42-46-34)28-12-15-30(16-13-28)35(7,8)37(38,39)40/h9-17,20,22,24-26H,18-19,21,23H2,1-8H3. The Hall–Kier alpha value is -3.50. The summed E-state index contributed by atoms with van der Waals surface area (Å²) in [5.74, 6) is 0.461. The van der Waals surface area contributed by atoms with Gasteiger partial charge >= 0.3 is 6.18 Å². The van der Waals surface area contributed by atoms with E-state index in [4.69, 9.17) is 8.95 Å². The number of rotatable bonds is 12. The molecule has 0 aliphatic heterocycles. The summed E-state index contributed by atoms with van der Waals surface area (Å²) in [6.45, 7) is 17.3. The Labute approximate surface area is 276 Å². The van der Waals surface area contributed by atoms with Crippen molar-refractivity contribution in [3.05, 3.63) is 93.9 Å². The van der Waals surface area contributed by atoms with E-state index in [-0.39, 0.29) is 28.3 Å². The zero-order chi connectivity index (χ0) is 34.4. The molecule has 0 spiro atoms. The second-order valence-corrected chi connectivity index (χ2v) is 20.1. The van der Waals surface area contributed by atoms with E-state index >= 15 is 0 Å². The van der Waals surface area contributed by atoms with Crippen LogP contribution in [0.2, 0.25) is 16.6 Å². The highest BCUT2D eigenvalue weighted by Gasteiger charge is 2.51. The number of nitrogens with zero attached hydrogens (tertiary/aromatic N) is 3. The Bertz CT molecular complexity index is 1730. The van der Waals surface area contributed by atoms with E-state index in [9.17, 15) is 18.0 Å². The average Bonchev–Trinajstić information content (AvgIpc) is 3.64. The van der Waals surface area contributed by atoms with Gasteiger partial charge in [-0.3, -0.25) is 4.79 Å². The zero-order valence-corrected chi connectivity index (χ0v) is 29.6. The lowest BCUT2D eigenvalue weighted by Crippen LogP contribution is -2.49. The lowest BCUT2D eigenvalue weighted by Gasteiger charge is -2.43. The molecule has 1 saturated carbocycles. The first-order valence-corrected chi connectivity index (χ1v) is 18.6. The average molecular weight is 666 g/mol. The lowest BCUT2D eigenvalue weighted by atomic mass is 9.83. The molecule has 252 valence electrons. The predicted octanol–water partition coefficient (Wildman–Crippen LogP) is 9.68. The Kier molecular flexibility index (Phi) is 9.51. The van der Waals surface area contributed by atoms with E-state index in [1.807, 2.05) is 6.07 Å². The van der Waals surface area contributed by atoms with Crippen molar-refractivity contribution >= 4 is 8.32 Å². The van der Waals surface area contributed by atoms with Gasteiger partial charge in [0.2, 0.25) is 5.82 Å². The molecule has 1 aliphatic carbocycles. The molecule has 0 unspecified atom stereocenters. The van der Waals surface area contributed by atoms with E-state index in [0.29, 0.717) is 34.3 Å². The normalized spacial score (nSPS) is 15.2. The third-order valence-electron chi connectivity index (χ3n) is 10.3. The van der Waals surface area contributed by atoms with Crippen molar-refractivity contribution < 1.29 is 22.1 Å². The number of benzene rings is 2. The molecule has 0 saturated heterocycles. The summed E-state index contributed by atoms with van der Waals surface area (Å²) in [4.78, 5) is 17.4. The first-order chi connectivity index (χ1) is 22.0. The summed E-state index contributed by atoms with van der Waals surface area (Å²) in [6, 6.07) is 17.6. The van der Waals surface area contributed by atoms with Gasteiger partial charge in [-0.15, -0.1) is 0 Å². The summed E-state index contributed by atoms with van der Waals surface area (Å²) >= 11 is 0. The summed E-state index contributed by atoms with van der Waals surface area (Å²) in [7, 11) is -1.99. The molecule has 4 aromatic rings. The molecule has 10 heteroatoms. The fourth-order valence-corrected chi connectivity index (χ4v) is 12.6. The molecular weight excluding hydrogens is 620 g/mol. The van der Waals surface area contributed by atoms with Crippen molar-refractivity contribution in [3.8, 4) is 22.8 Å². The highest BCUT2D eigenvalue weighted by Crippen LogP contribution is 2.51. The van der Waals surface area contributed by atoms with Gasteiger partial charge in [0.15, 0.2) is 8.32 Å². The van der Waals surface area contributed by atoms with Crippen molar-refractivity contribution in [1.29, 1.82) is 0 Å². The monoisotopic (exact) mass is 665 g/mol. The second kappa shape index (κ2) is 12.8. The van der Waals surface area contributed by atoms with E-state index in [0.717, 1.165) is 38.9 Å². The van der Waals surface area contributed by atoms with Gasteiger partial charge in [0, 0.05) is 29.8 Å². The molecule has 2 heterocycles. The van der Waals surface area contributed by atoms with Crippen LogP contribution in [0.25, 0.3) is 22.8 Å². The Morgan fingerprint density at radius 3 is 2.11 bits per heavy atom. The van der Waals surface area contributed by atoms with Crippen molar-refractivity contribution in [1.82, 2.24) is 14.7 Å². The molecule has 0 amide bonds. The van der Waals surface area contributed by atoms with Gasteiger partial charge in [-0.05, 0) is 66.1 Å². The minimum absolute atomic E-state index is 0.0145. The maximum absolute atomic E-state index is 13.5. The topological polar surface area (TPSA) is 70.2 Å². The second-order valence-electron chi connectivity index (χ2n) is 14.6. The van der Waals surface area contributed by atoms with E-state index < -0.39 is 19.9 Å². The highest BCUT2D eigenvalue weighted by molar-refractivity contribution is 6.77. The minimum atomic E-state index is -4.38. The molecule has 6 nitrogen and oxygen atoms in total. The number of hydrogen-bond acceptors (Lipinski definition) is 5. The Balaban J connectivity index is 1.33. The first kappa shape index (κ1) is 34.8. The SMILES string of the molecule is CC(C)[Si](OCC1(c2cccc(Cn3cc(-c4nc(-c5ccc(C(C)(C)C(F)(F)F)cc5)no4)ccc3=O)c2)CC1)(C(C)C)C(C)C. The van der Waals surface area contributed by atoms with E-state index in [2.05, 4.69) is 69.9 Å². The Morgan fingerprint density at radius 2 is 1.53 bits per heavy atom. The third kappa shape index (κ3) is 6.77. The van der Waals surface area contributed by atoms with Crippen molar-refractivity contribution in [2.75, 3.05) is 6.61 Å². The van der Waals surface area contributed by atoms with Crippen LogP contribution in [0.4, 0.5) is 13.2 Å². The van der Waals surface area contributed by atoms with Gasteiger partial charge < -0.3 is 13.5 Å². The van der Waals surface area contributed by atoms with Crippen LogP contribution in [0, 0.1) is 0 Å². The van der Waals surface area contributed by atoms with Crippen LogP contribution in [0.3, 0.4) is 0 Å². The predicted molar refractivity (Wildman–Crippen MR) is 182 cm³/mol. The van der Waals surface area contributed by atoms with Crippen molar-refractivity contribution in [2.24, 2.45) is 0 Å². The molecule has 1 aliphatic rings. The quantitative estimate of drug-likeness (QED) is 0.141. The minimum Gasteiger partial charge on any atom is -0.415 e. The van der Waals surface area contributed by atoms with Crippen LogP contribution in [-0.2, 0) is 21.8 Å². The van der Waals surface area contributed by atoms with Gasteiger partial charge in [-0.2, -0.15) is 18.2 Å². The number of pyridine rings is 1. The van der Waals surface area contributed by atoms with Crippen molar-refractivity contribution in [3.63, 3.8) is 0 Å². The number of alkyl halides is 3. The van der Waals surface area contributed by atoms with Gasteiger partial charge in [-0.25, -0.2) is 0 Å². The van der Waals surface area contributed by atoms with Crippen LogP contribution in [0.1, 0.15) is 84.9 Å². The summed E-state index contributed by atoms with van der Waals surface area (Å²) in [5, 5.41) is 4.05. The molecule has 1 fully saturated rings. The number of hydrogen-bond donors (Lipinski definition) is 0. The fraction of sp³-hybridized carbons (Fsp3) is 0.486. The fourth-order valence-electron chi connectivity index (χ4n) is 7.07. The number of halogens is 3. The van der Waals surface area contributed by atoms with Gasteiger partial charge in [0.25, 0.3) is 11.4 Å².